The van der Waals surface area contributed by atoms with Gasteiger partial charge in [0.15, 0.2) is 0 Å². The maximum Gasteiger partial charge on any atom is 0.242 e. The van der Waals surface area contributed by atoms with Gasteiger partial charge in [0.2, 0.25) is 11.8 Å². The average molecular weight is 507 g/mol. The molecule has 0 aliphatic carbocycles. The highest BCUT2D eigenvalue weighted by Crippen LogP contribution is 2.20. The Morgan fingerprint density at radius 3 is 2.42 bits per heavy atom. The number of halogens is 1. The second kappa shape index (κ2) is 11.6. The van der Waals surface area contributed by atoms with Crippen LogP contribution < -0.4 is 10.1 Å². The van der Waals surface area contributed by atoms with Gasteiger partial charge in [-0.1, -0.05) is 40.2 Å². The Balaban J connectivity index is 2.11. The molecule has 0 aliphatic rings. The first-order chi connectivity index (χ1) is 14.6. The zero-order valence-electron chi connectivity index (χ0n) is 18.8. The first-order valence-electron chi connectivity index (χ1n) is 10.2. The molecule has 1 unspecified atom stereocenters. The summed E-state index contributed by atoms with van der Waals surface area (Å²) in [6, 6.07) is 15.0. The monoisotopic (exact) mass is 506 g/mol. The summed E-state index contributed by atoms with van der Waals surface area (Å²) in [6.07, 6.45) is 0. The fourth-order valence-electron chi connectivity index (χ4n) is 2.94. The minimum Gasteiger partial charge on any atom is -0.497 e. The molecular weight excluding hydrogens is 476 g/mol. The van der Waals surface area contributed by atoms with Gasteiger partial charge in [-0.05, 0) is 63.1 Å². The maximum atomic E-state index is 13.1. The zero-order chi connectivity index (χ0) is 23.0. The highest BCUT2D eigenvalue weighted by atomic mass is 79.9. The number of carbonyl (C=O) groups is 2. The third-order valence-electron chi connectivity index (χ3n) is 4.56. The van der Waals surface area contributed by atoms with E-state index in [1.165, 1.54) is 0 Å². The molecule has 5 nitrogen and oxygen atoms in total. The number of rotatable bonds is 9. The van der Waals surface area contributed by atoms with Crippen molar-refractivity contribution in [1.82, 2.24) is 10.2 Å². The summed E-state index contributed by atoms with van der Waals surface area (Å²) >= 11 is 4.98. The third-order valence-corrected chi connectivity index (χ3v) is 6.08. The van der Waals surface area contributed by atoms with Crippen LogP contribution in [-0.4, -0.2) is 41.2 Å². The van der Waals surface area contributed by atoms with Crippen LogP contribution in [0, 0.1) is 0 Å². The van der Waals surface area contributed by atoms with Gasteiger partial charge >= 0.3 is 0 Å². The van der Waals surface area contributed by atoms with Gasteiger partial charge < -0.3 is 15.0 Å². The van der Waals surface area contributed by atoms with Crippen LogP contribution in [0.25, 0.3) is 0 Å². The summed E-state index contributed by atoms with van der Waals surface area (Å²) in [7, 11) is 1.61. The van der Waals surface area contributed by atoms with E-state index in [0.29, 0.717) is 12.3 Å². The van der Waals surface area contributed by atoms with E-state index in [4.69, 9.17) is 4.74 Å². The first kappa shape index (κ1) is 25.3. The number of thioether (sulfide) groups is 1. The second-order valence-corrected chi connectivity index (χ2v) is 10.3. The number of amides is 2. The molecule has 0 spiro atoms. The number of carbonyl (C=O) groups excluding carboxylic acids is 2. The predicted octanol–water partition coefficient (Wildman–Crippen LogP) is 5.02. The largest absolute Gasteiger partial charge is 0.497 e. The van der Waals surface area contributed by atoms with Crippen LogP contribution in [0.5, 0.6) is 5.75 Å². The molecule has 168 valence electrons. The summed E-state index contributed by atoms with van der Waals surface area (Å²) in [5, 5.41) is 2.98. The van der Waals surface area contributed by atoms with E-state index < -0.39 is 6.04 Å². The SMILES string of the molecule is COc1cccc(CN(C(=O)CSCc2ccc(Br)cc2)C(C)C(=O)NC(C)(C)C)c1. The number of methoxy groups -OCH3 is 1. The lowest BCUT2D eigenvalue weighted by Gasteiger charge is -2.31. The molecule has 0 aliphatic heterocycles. The van der Waals surface area contributed by atoms with Gasteiger partial charge in [0, 0.05) is 22.3 Å². The van der Waals surface area contributed by atoms with Gasteiger partial charge in [0.25, 0.3) is 0 Å². The van der Waals surface area contributed by atoms with Gasteiger partial charge in [-0.25, -0.2) is 0 Å². The summed E-state index contributed by atoms with van der Waals surface area (Å²) in [6.45, 7) is 7.91. The van der Waals surface area contributed by atoms with E-state index >= 15 is 0 Å². The van der Waals surface area contributed by atoms with Crippen LogP contribution in [0.15, 0.2) is 53.0 Å². The van der Waals surface area contributed by atoms with Crippen LogP contribution in [0.3, 0.4) is 0 Å². The van der Waals surface area contributed by atoms with Gasteiger partial charge in [0.1, 0.15) is 11.8 Å². The maximum absolute atomic E-state index is 13.1. The van der Waals surface area contributed by atoms with Crippen molar-refractivity contribution in [3.8, 4) is 5.75 Å². The molecule has 0 saturated heterocycles. The highest BCUT2D eigenvalue weighted by molar-refractivity contribution is 9.10. The topological polar surface area (TPSA) is 58.6 Å². The van der Waals surface area contributed by atoms with Gasteiger partial charge in [-0.3, -0.25) is 9.59 Å². The normalized spacial score (nSPS) is 12.2. The fourth-order valence-corrected chi connectivity index (χ4v) is 4.08. The standard InChI is InChI=1S/C24H31BrN2O3S/c1-17(23(29)26-24(2,3)4)27(14-19-7-6-8-21(13-19)30-5)22(28)16-31-15-18-9-11-20(25)12-10-18/h6-13,17H,14-16H2,1-5H3,(H,26,29). The highest BCUT2D eigenvalue weighted by Gasteiger charge is 2.28. The van der Waals surface area contributed by atoms with Gasteiger partial charge in [0.05, 0.1) is 12.9 Å². The summed E-state index contributed by atoms with van der Waals surface area (Å²) in [5.74, 6) is 1.52. The van der Waals surface area contributed by atoms with Crippen LogP contribution in [0.4, 0.5) is 0 Å². The molecule has 7 heteroatoms. The summed E-state index contributed by atoms with van der Waals surface area (Å²) in [4.78, 5) is 27.6. The Kier molecular flexibility index (Phi) is 9.44. The van der Waals surface area contributed by atoms with Crippen molar-refractivity contribution in [3.63, 3.8) is 0 Å². The molecule has 0 bridgehead atoms. The Hall–Kier alpha value is -1.99. The summed E-state index contributed by atoms with van der Waals surface area (Å²) < 4.78 is 6.33. The number of nitrogens with zero attached hydrogens (tertiary/aromatic N) is 1. The zero-order valence-corrected chi connectivity index (χ0v) is 21.2. The molecule has 2 aromatic carbocycles. The van der Waals surface area contributed by atoms with Crippen LogP contribution in [0.1, 0.15) is 38.8 Å². The Morgan fingerprint density at radius 2 is 1.81 bits per heavy atom. The van der Waals surface area contributed by atoms with E-state index in [1.54, 1.807) is 30.7 Å². The van der Waals surface area contributed by atoms with E-state index in [1.807, 2.05) is 69.3 Å². The molecule has 2 rings (SSSR count). The second-order valence-electron chi connectivity index (χ2n) is 8.41. The summed E-state index contributed by atoms with van der Waals surface area (Å²) in [5.41, 5.74) is 1.70. The number of benzene rings is 2. The predicted molar refractivity (Wildman–Crippen MR) is 131 cm³/mol. The third kappa shape index (κ3) is 8.57. The number of nitrogens with one attached hydrogen (secondary N) is 1. The molecule has 0 fully saturated rings. The van der Waals surface area contributed by atoms with Crippen LogP contribution in [0.2, 0.25) is 0 Å². The van der Waals surface area contributed by atoms with E-state index in [-0.39, 0.29) is 17.4 Å². The number of hydrogen-bond acceptors (Lipinski definition) is 4. The van der Waals surface area contributed by atoms with E-state index in [0.717, 1.165) is 27.1 Å². The van der Waals surface area contributed by atoms with Gasteiger partial charge in [-0.2, -0.15) is 0 Å². The molecule has 0 heterocycles. The molecular formula is C24H31BrN2O3S. The smallest absolute Gasteiger partial charge is 0.242 e. The van der Waals surface area contributed by atoms with E-state index in [9.17, 15) is 9.59 Å². The Labute approximate surface area is 198 Å². The van der Waals surface area contributed by atoms with Crippen molar-refractivity contribution in [3.05, 3.63) is 64.1 Å². The van der Waals surface area contributed by atoms with Crippen molar-refractivity contribution < 1.29 is 14.3 Å². The lowest BCUT2D eigenvalue weighted by atomic mass is 10.1. The van der Waals surface area contributed by atoms with Crippen LogP contribution in [-0.2, 0) is 21.9 Å². The van der Waals surface area contributed by atoms with Gasteiger partial charge in [-0.15, -0.1) is 11.8 Å². The average Bonchev–Trinajstić information content (AvgIpc) is 2.71. The Bertz CT molecular complexity index is 881. The molecule has 0 aromatic heterocycles. The number of ether oxygens (including phenoxy) is 1. The molecule has 1 N–H and O–H groups in total. The molecule has 2 aromatic rings. The molecule has 1 atom stereocenters. The van der Waals surface area contributed by atoms with Crippen LogP contribution >= 0.6 is 27.7 Å². The van der Waals surface area contributed by atoms with Crippen molar-refractivity contribution in [1.29, 1.82) is 0 Å². The number of hydrogen-bond donors (Lipinski definition) is 1. The van der Waals surface area contributed by atoms with Crippen molar-refractivity contribution in [2.24, 2.45) is 0 Å². The quantitative estimate of drug-likeness (QED) is 0.518. The van der Waals surface area contributed by atoms with E-state index in [2.05, 4.69) is 21.2 Å². The fraction of sp³-hybridized carbons (Fsp3) is 0.417. The van der Waals surface area contributed by atoms with Crippen molar-refractivity contribution in [2.45, 2.75) is 51.6 Å². The lowest BCUT2D eigenvalue weighted by molar-refractivity contribution is -0.139. The molecule has 31 heavy (non-hydrogen) atoms. The molecule has 2 amide bonds. The minimum absolute atomic E-state index is 0.0681. The van der Waals surface area contributed by atoms with Crippen molar-refractivity contribution in [2.75, 3.05) is 12.9 Å². The molecule has 0 radical (unpaired) electrons. The first-order valence-corrected chi connectivity index (χ1v) is 12.1. The lowest BCUT2D eigenvalue weighted by Crippen LogP contribution is -2.52. The van der Waals surface area contributed by atoms with Crippen molar-refractivity contribution >= 4 is 39.5 Å². The molecule has 0 saturated carbocycles. The Morgan fingerprint density at radius 1 is 1.13 bits per heavy atom. The minimum atomic E-state index is -0.591.